The number of nitrogens with two attached hydrogens (primary N) is 1. The molecule has 0 bridgehead atoms. The molecule has 0 saturated heterocycles. The molecule has 12 heteroatoms. The summed E-state index contributed by atoms with van der Waals surface area (Å²) in [4.78, 5) is 3.33. The Labute approximate surface area is 163 Å². The number of rotatable bonds is 3. The van der Waals surface area contributed by atoms with E-state index in [0.29, 0.717) is 11.6 Å². The van der Waals surface area contributed by atoms with Crippen LogP contribution >= 0.6 is 21.4 Å². The van der Waals surface area contributed by atoms with Crippen molar-refractivity contribution in [3.63, 3.8) is 0 Å². The molecule has 2 N–H and O–H groups in total. The van der Waals surface area contributed by atoms with Crippen LogP contribution in [0.15, 0.2) is 18.2 Å². The van der Waals surface area contributed by atoms with Crippen LogP contribution in [0.2, 0.25) is 0 Å². The Kier molecular flexibility index (Phi) is 6.33. The van der Waals surface area contributed by atoms with Crippen molar-refractivity contribution in [1.29, 1.82) is 0 Å². The van der Waals surface area contributed by atoms with E-state index < -0.39 is 20.3 Å². The lowest BCUT2D eigenvalue weighted by atomic mass is 9.97. The van der Waals surface area contributed by atoms with Crippen molar-refractivity contribution in [1.82, 2.24) is 14.8 Å². The minimum atomic E-state index is -4.61. The predicted octanol–water partition coefficient (Wildman–Crippen LogP) is 4.58. The molecule has 1 aliphatic carbocycles. The smallest absolute Gasteiger partial charge is 0.368 e. The number of nitrogen functional groups attached to an aromatic ring is 1. The van der Waals surface area contributed by atoms with Gasteiger partial charge in [0.15, 0.2) is 0 Å². The van der Waals surface area contributed by atoms with Gasteiger partial charge in [-0.2, -0.15) is 31.3 Å². The molecule has 1 saturated carbocycles. The van der Waals surface area contributed by atoms with Crippen LogP contribution in [0, 0.1) is 0 Å². The first-order chi connectivity index (χ1) is 12.3. The first kappa shape index (κ1) is 21.8. The molecule has 0 aliphatic heterocycles. The average Bonchev–Trinajstić information content (AvgIpc) is 3.26. The number of hydrogen-bond acceptors (Lipinski definition) is 5. The molecule has 27 heavy (non-hydrogen) atoms. The molecule has 150 valence electrons. The minimum Gasteiger partial charge on any atom is -0.368 e. The van der Waals surface area contributed by atoms with Crippen LogP contribution in [0.25, 0.3) is 5.69 Å². The monoisotopic (exact) mass is 444 g/mol. The van der Waals surface area contributed by atoms with Crippen molar-refractivity contribution >= 4 is 35.6 Å². The highest BCUT2D eigenvalue weighted by Gasteiger charge is 2.37. The molecule has 0 atom stereocenters. The van der Waals surface area contributed by atoms with E-state index in [4.69, 9.17) is 14.2 Å². The van der Waals surface area contributed by atoms with E-state index >= 15 is 0 Å². The van der Waals surface area contributed by atoms with Gasteiger partial charge >= 0.3 is 14.4 Å². The number of alkyl halides is 3. The van der Waals surface area contributed by atoms with Crippen LogP contribution in [-0.2, 0) is 14.4 Å². The third-order valence-corrected chi connectivity index (χ3v) is 3.84. The highest BCUT2D eigenvalue weighted by molar-refractivity contribution is 8.31. The van der Waals surface area contributed by atoms with Crippen molar-refractivity contribution < 1.29 is 21.6 Å². The molecule has 1 heterocycles. The van der Waals surface area contributed by atoms with Crippen LogP contribution < -0.4 is 5.73 Å². The summed E-state index contributed by atoms with van der Waals surface area (Å²) in [7, 11) is 4.81. The summed E-state index contributed by atoms with van der Waals surface area (Å²) >= 11 is 0. The molecule has 1 aromatic carbocycles. The van der Waals surface area contributed by atoms with Gasteiger partial charge in [-0.25, -0.2) is 0 Å². The van der Waals surface area contributed by atoms with E-state index in [1.165, 1.54) is 18.4 Å². The number of aromatic nitrogens is 3. The van der Waals surface area contributed by atoms with E-state index in [9.17, 15) is 13.2 Å². The maximum absolute atomic E-state index is 12.7. The highest BCUT2D eigenvalue weighted by Crippen LogP contribution is 2.41. The Morgan fingerprint density at radius 1 is 1.26 bits per heavy atom. The number of anilines is 1. The molecule has 0 amide bonds. The van der Waals surface area contributed by atoms with Crippen LogP contribution in [-0.4, -0.2) is 23.2 Å². The standard InChI is InChI=1S/C15H17F3N4.Cl2O2S/c1-8(2)11-7-10(9-3-4-9)5-6-12(11)22-14(19)20-13(21-22)15(16,17)18;1-5(2,3)4/h5-9H,3-4H2,1-2H3,(H2,19,20,21);. The van der Waals surface area contributed by atoms with Gasteiger partial charge in [-0.15, -0.1) is 5.10 Å². The van der Waals surface area contributed by atoms with Gasteiger partial charge in [0.2, 0.25) is 5.95 Å². The Morgan fingerprint density at radius 2 is 1.81 bits per heavy atom. The normalized spacial score (nSPS) is 14.8. The van der Waals surface area contributed by atoms with Crippen molar-refractivity contribution in [2.75, 3.05) is 5.73 Å². The maximum Gasteiger partial charge on any atom is 0.453 e. The molecule has 1 fully saturated rings. The summed E-state index contributed by atoms with van der Waals surface area (Å²) in [6.45, 7) is 3.99. The molecule has 1 aliphatic rings. The van der Waals surface area contributed by atoms with Gasteiger partial charge < -0.3 is 5.73 Å². The van der Waals surface area contributed by atoms with Crippen LogP contribution in [0.3, 0.4) is 0 Å². The SMILES string of the molecule is CC(C)c1cc(C2CC2)ccc1-n1nc(C(F)(F)F)nc1N.O=S(=O)(Cl)Cl. The van der Waals surface area contributed by atoms with Gasteiger partial charge in [-0.1, -0.05) is 26.0 Å². The number of nitrogens with zero attached hydrogens (tertiary/aromatic N) is 3. The topological polar surface area (TPSA) is 90.9 Å². The van der Waals surface area contributed by atoms with Gasteiger partial charge in [0.05, 0.1) is 5.69 Å². The van der Waals surface area contributed by atoms with Crippen molar-refractivity contribution in [2.45, 2.75) is 44.7 Å². The predicted molar refractivity (Wildman–Crippen MR) is 97.5 cm³/mol. The lowest BCUT2D eigenvalue weighted by Gasteiger charge is -2.15. The number of benzene rings is 1. The first-order valence-corrected chi connectivity index (χ1v) is 11.0. The average molecular weight is 445 g/mol. The summed E-state index contributed by atoms with van der Waals surface area (Å²) in [5.41, 5.74) is 8.34. The van der Waals surface area contributed by atoms with Crippen molar-refractivity contribution in [2.24, 2.45) is 0 Å². The first-order valence-electron chi connectivity index (χ1n) is 7.85. The number of hydrogen-bond donors (Lipinski definition) is 1. The third-order valence-electron chi connectivity index (χ3n) is 3.84. The maximum atomic E-state index is 12.7. The van der Waals surface area contributed by atoms with E-state index in [1.807, 2.05) is 26.0 Å². The quantitative estimate of drug-likeness (QED) is 0.699. The fraction of sp³-hybridized carbons (Fsp3) is 0.467. The van der Waals surface area contributed by atoms with Crippen LogP contribution in [0.4, 0.5) is 19.1 Å². The zero-order chi connectivity index (χ0) is 20.6. The van der Waals surface area contributed by atoms with Crippen LogP contribution in [0.1, 0.15) is 55.5 Å². The fourth-order valence-corrected chi connectivity index (χ4v) is 2.52. The molecule has 0 radical (unpaired) electrons. The lowest BCUT2D eigenvalue weighted by molar-refractivity contribution is -0.144. The van der Waals surface area contributed by atoms with E-state index in [0.717, 1.165) is 10.2 Å². The number of halogens is 5. The molecular weight excluding hydrogens is 428 g/mol. The summed E-state index contributed by atoms with van der Waals surface area (Å²) in [5.74, 6) is -0.753. The van der Waals surface area contributed by atoms with Gasteiger partial charge in [0, 0.05) is 21.4 Å². The van der Waals surface area contributed by atoms with Gasteiger partial charge in [0.25, 0.3) is 5.82 Å². The highest BCUT2D eigenvalue weighted by atomic mass is 36.0. The summed E-state index contributed by atoms with van der Waals surface area (Å²) in [5, 5.41) is 3.54. The van der Waals surface area contributed by atoms with Crippen LogP contribution in [0.5, 0.6) is 0 Å². The molecule has 1 aromatic heterocycles. The van der Waals surface area contributed by atoms with Gasteiger partial charge in [-0.3, -0.25) is 0 Å². The second kappa shape index (κ2) is 7.84. The second-order valence-corrected chi connectivity index (χ2v) is 10.00. The summed E-state index contributed by atoms with van der Waals surface area (Å²) in [6.07, 6.45) is -2.27. The Balaban J connectivity index is 0.000000465. The molecule has 6 nitrogen and oxygen atoms in total. The lowest BCUT2D eigenvalue weighted by Crippen LogP contribution is -2.10. The zero-order valence-electron chi connectivity index (χ0n) is 14.3. The molecular formula is C15H17Cl2F3N4O2S. The molecule has 0 spiro atoms. The second-order valence-electron chi connectivity index (χ2n) is 6.33. The zero-order valence-corrected chi connectivity index (χ0v) is 16.7. The summed E-state index contributed by atoms with van der Waals surface area (Å²) in [6, 6.07) is 5.77. The van der Waals surface area contributed by atoms with E-state index in [1.54, 1.807) is 6.07 Å². The van der Waals surface area contributed by atoms with Gasteiger partial charge in [0.1, 0.15) is 0 Å². The Bertz CT molecular complexity index is 918. The third kappa shape index (κ3) is 6.25. The molecule has 0 unspecified atom stereocenters. The minimum absolute atomic E-state index is 0.145. The molecule has 2 aromatic rings. The fourth-order valence-electron chi connectivity index (χ4n) is 2.52. The largest absolute Gasteiger partial charge is 0.453 e. The Morgan fingerprint density at radius 3 is 2.22 bits per heavy atom. The molecule has 3 rings (SSSR count). The van der Waals surface area contributed by atoms with Crippen molar-refractivity contribution in [3.05, 3.63) is 35.2 Å². The Hall–Kier alpha value is -1.52. The van der Waals surface area contributed by atoms with E-state index in [2.05, 4.69) is 31.4 Å². The van der Waals surface area contributed by atoms with Gasteiger partial charge in [-0.05, 0) is 41.9 Å². The van der Waals surface area contributed by atoms with Crippen molar-refractivity contribution in [3.8, 4) is 5.69 Å². The van der Waals surface area contributed by atoms with E-state index in [-0.39, 0.29) is 11.9 Å². The summed E-state index contributed by atoms with van der Waals surface area (Å²) < 4.78 is 57.6.